The molecule has 1 heterocycles. The highest BCUT2D eigenvalue weighted by molar-refractivity contribution is 5.25. The van der Waals surface area contributed by atoms with Crippen LogP contribution in [0.3, 0.4) is 0 Å². The topological polar surface area (TPSA) is 15.3 Å². The number of nitrogens with one attached hydrogen (secondary N) is 1. The van der Waals surface area contributed by atoms with Crippen molar-refractivity contribution < 1.29 is 0 Å². The van der Waals surface area contributed by atoms with Crippen LogP contribution in [-0.4, -0.2) is 36.6 Å². The Balaban J connectivity index is 1.73. The van der Waals surface area contributed by atoms with Gasteiger partial charge in [-0.25, -0.2) is 0 Å². The Morgan fingerprint density at radius 2 is 2.00 bits per heavy atom. The van der Waals surface area contributed by atoms with E-state index in [2.05, 4.69) is 62.2 Å². The van der Waals surface area contributed by atoms with Crippen molar-refractivity contribution in [1.82, 2.24) is 10.2 Å². The van der Waals surface area contributed by atoms with Crippen LogP contribution in [0.2, 0.25) is 0 Å². The highest BCUT2D eigenvalue weighted by Crippen LogP contribution is 2.17. The summed E-state index contributed by atoms with van der Waals surface area (Å²) >= 11 is 0. The molecule has 2 nitrogen and oxygen atoms in total. The molecule has 0 bridgehead atoms. The summed E-state index contributed by atoms with van der Waals surface area (Å²) in [6.07, 6.45) is 2.53. The Morgan fingerprint density at radius 1 is 1.25 bits per heavy atom. The van der Waals surface area contributed by atoms with Crippen LogP contribution in [0.25, 0.3) is 0 Å². The van der Waals surface area contributed by atoms with E-state index in [-0.39, 0.29) is 5.54 Å². The normalized spacial score (nSPS) is 20.5. The van der Waals surface area contributed by atoms with Crippen molar-refractivity contribution in [3.8, 4) is 0 Å². The lowest BCUT2D eigenvalue weighted by molar-refractivity contribution is 0.314. The molecule has 20 heavy (non-hydrogen) atoms. The molecule has 0 amide bonds. The fourth-order valence-corrected chi connectivity index (χ4v) is 2.90. The van der Waals surface area contributed by atoms with E-state index in [1.54, 1.807) is 0 Å². The maximum Gasteiger partial charge on any atom is 0.00966 e. The Morgan fingerprint density at radius 3 is 2.70 bits per heavy atom. The van der Waals surface area contributed by atoms with Gasteiger partial charge in [-0.05, 0) is 70.7 Å². The van der Waals surface area contributed by atoms with E-state index in [1.807, 2.05) is 0 Å². The molecule has 1 aromatic carbocycles. The minimum absolute atomic E-state index is 0.245. The van der Waals surface area contributed by atoms with Gasteiger partial charge in [-0.1, -0.05) is 24.3 Å². The van der Waals surface area contributed by atoms with Crippen LogP contribution in [0, 0.1) is 12.8 Å². The maximum atomic E-state index is 3.64. The summed E-state index contributed by atoms with van der Waals surface area (Å²) < 4.78 is 0. The molecule has 1 atom stereocenters. The number of rotatable bonds is 5. The van der Waals surface area contributed by atoms with Gasteiger partial charge in [0.15, 0.2) is 0 Å². The third-order valence-electron chi connectivity index (χ3n) is 4.25. The second kappa shape index (κ2) is 6.73. The monoisotopic (exact) mass is 274 g/mol. The molecule has 0 aromatic heterocycles. The van der Waals surface area contributed by atoms with E-state index >= 15 is 0 Å². The SMILES string of the molecule is Cc1ccccc1CCN1CCC(CNC(C)(C)C)C1. The molecule has 1 unspecified atom stereocenters. The highest BCUT2D eigenvalue weighted by Gasteiger charge is 2.23. The average Bonchev–Trinajstić information content (AvgIpc) is 2.83. The van der Waals surface area contributed by atoms with Crippen molar-refractivity contribution in [2.45, 2.75) is 46.1 Å². The summed E-state index contributed by atoms with van der Waals surface area (Å²) in [6.45, 7) is 13.8. The third kappa shape index (κ3) is 4.92. The van der Waals surface area contributed by atoms with Crippen LogP contribution in [0.4, 0.5) is 0 Å². The van der Waals surface area contributed by atoms with E-state index in [1.165, 1.54) is 43.6 Å². The fourth-order valence-electron chi connectivity index (χ4n) is 2.90. The molecule has 0 spiro atoms. The van der Waals surface area contributed by atoms with Crippen molar-refractivity contribution in [3.63, 3.8) is 0 Å². The lowest BCUT2D eigenvalue weighted by Gasteiger charge is -2.23. The van der Waals surface area contributed by atoms with Crippen molar-refractivity contribution in [1.29, 1.82) is 0 Å². The molecule has 2 rings (SSSR count). The summed E-state index contributed by atoms with van der Waals surface area (Å²) in [5.41, 5.74) is 3.18. The maximum absolute atomic E-state index is 3.64. The highest BCUT2D eigenvalue weighted by atomic mass is 15.1. The summed E-state index contributed by atoms with van der Waals surface area (Å²) in [7, 11) is 0. The number of aryl methyl sites for hydroxylation is 1. The van der Waals surface area contributed by atoms with Gasteiger partial charge in [0.25, 0.3) is 0 Å². The lowest BCUT2D eigenvalue weighted by atomic mass is 10.0. The fraction of sp³-hybridized carbons (Fsp3) is 0.667. The zero-order valence-electron chi connectivity index (χ0n) is 13.6. The predicted octanol–water partition coefficient (Wildman–Crippen LogP) is 3.25. The summed E-state index contributed by atoms with van der Waals surface area (Å²) in [5, 5.41) is 3.64. The molecule has 1 N–H and O–H groups in total. The molecule has 1 fully saturated rings. The lowest BCUT2D eigenvalue weighted by Crippen LogP contribution is -2.39. The van der Waals surface area contributed by atoms with E-state index in [9.17, 15) is 0 Å². The Bertz CT molecular complexity index is 420. The second-order valence-corrected chi connectivity index (χ2v) is 7.26. The van der Waals surface area contributed by atoms with Gasteiger partial charge < -0.3 is 10.2 Å². The Labute approximate surface area is 124 Å². The third-order valence-corrected chi connectivity index (χ3v) is 4.25. The van der Waals surface area contributed by atoms with Crippen LogP contribution < -0.4 is 5.32 Å². The second-order valence-electron chi connectivity index (χ2n) is 7.26. The summed E-state index contributed by atoms with van der Waals surface area (Å²) in [6, 6.07) is 8.77. The van der Waals surface area contributed by atoms with Crippen molar-refractivity contribution in [2.24, 2.45) is 5.92 Å². The van der Waals surface area contributed by atoms with E-state index in [0.29, 0.717) is 0 Å². The van der Waals surface area contributed by atoms with E-state index < -0.39 is 0 Å². The molecule has 112 valence electrons. The number of hydrogen-bond acceptors (Lipinski definition) is 2. The van der Waals surface area contributed by atoms with Crippen molar-refractivity contribution in [2.75, 3.05) is 26.2 Å². The van der Waals surface area contributed by atoms with Gasteiger partial charge in [-0.3, -0.25) is 0 Å². The van der Waals surface area contributed by atoms with Crippen LogP contribution in [0.15, 0.2) is 24.3 Å². The molecule has 1 aliphatic rings. The standard InChI is InChI=1S/C18H30N2/c1-15-7-5-6-8-17(15)10-12-20-11-9-16(14-20)13-19-18(2,3)4/h5-8,16,19H,9-14H2,1-4H3. The Hall–Kier alpha value is -0.860. The number of likely N-dealkylation sites (tertiary alicyclic amines) is 1. The largest absolute Gasteiger partial charge is 0.312 e. The average molecular weight is 274 g/mol. The zero-order valence-corrected chi connectivity index (χ0v) is 13.6. The van der Waals surface area contributed by atoms with Gasteiger partial charge >= 0.3 is 0 Å². The molecule has 1 saturated heterocycles. The smallest absolute Gasteiger partial charge is 0.00966 e. The summed E-state index contributed by atoms with van der Waals surface area (Å²) in [4.78, 5) is 2.63. The molecule has 0 aliphatic carbocycles. The van der Waals surface area contributed by atoms with Gasteiger partial charge in [0, 0.05) is 18.6 Å². The number of benzene rings is 1. The van der Waals surface area contributed by atoms with Crippen LogP contribution in [0.5, 0.6) is 0 Å². The number of hydrogen-bond donors (Lipinski definition) is 1. The number of nitrogens with zero attached hydrogens (tertiary/aromatic N) is 1. The molecule has 1 aromatic rings. The molecule has 1 aliphatic heterocycles. The first kappa shape index (κ1) is 15.5. The van der Waals surface area contributed by atoms with Gasteiger partial charge in [0.1, 0.15) is 0 Å². The Kier molecular flexibility index (Phi) is 5.22. The van der Waals surface area contributed by atoms with Crippen molar-refractivity contribution >= 4 is 0 Å². The molecular weight excluding hydrogens is 244 g/mol. The van der Waals surface area contributed by atoms with Gasteiger partial charge in [-0.2, -0.15) is 0 Å². The van der Waals surface area contributed by atoms with Gasteiger partial charge in [-0.15, -0.1) is 0 Å². The molecule has 0 saturated carbocycles. The van der Waals surface area contributed by atoms with Gasteiger partial charge in [0.2, 0.25) is 0 Å². The van der Waals surface area contributed by atoms with Crippen LogP contribution in [0.1, 0.15) is 38.3 Å². The minimum Gasteiger partial charge on any atom is -0.312 e. The predicted molar refractivity (Wildman–Crippen MR) is 87.2 cm³/mol. The van der Waals surface area contributed by atoms with Crippen LogP contribution in [-0.2, 0) is 6.42 Å². The summed E-state index contributed by atoms with van der Waals surface area (Å²) in [5.74, 6) is 0.825. The molecule has 2 heteroatoms. The first-order valence-corrected chi connectivity index (χ1v) is 7.96. The van der Waals surface area contributed by atoms with Crippen LogP contribution >= 0.6 is 0 Å². The zero-order chi connectivity index (χ0) is 14.6. The first-order valence-electron chi connectivity index (χ1n) is 7.96. The van der Waals surface area contributed by atoms with Crippen molar-refractivity contribution in [3.05, 3.63) is 35.4 Å². The molecular formula is C18H30N2. The quantitative estimate of drug-likeness (QED) is 0.886. The molecule has 0 radical (unpaired) electrons. The first-order chi connectivity index (χ1) is 9.44. The van der Waals surface area contributed by atoms with E-state index in [0.717, 1.165) is 12.5 Å². The van der Waals surface area contributed by atoms with Gasteiger partial charge in [0.05, 0.1) is 0 Å². The minimum atomic E-state index is 0.245. The van der Waals surface area contributed by atoms with E-state index in [4.69, 9.17) is 0 Å².